The number of hydrogen-bond acceptors (Lipinski definition) is 4. The normalized spacial score (nSPS) is 15.6. The maximum absolute atomic E-state index is 13.6. The molecule has 9 heteroatoms. The number of rotatable bonds is 6. The number of anilines is 2. The van der Waals surface area contributed by atoms with E-state index in [1.165, 1.54) is 18.2 Å². The second-order valence-electron chi connectivity index (χ2n) is 8.01. The predicted molar refractivity (Wildman–Crippen MR) is 119 cm³/mol. The van der Waals surface area contributed by atoms with Crippen LogP contribution in [0.3, 0.4) is 0 Å². The highest BCUT2D eigenvalue weighted by Gasteiger charge is 2.37. The zero-order chi connectivity index (χ0) is 22.3. The van der Waals surface area contributed by atoms with Crippen LogP contribution in [-0.4, -0.2) is 32.5 Å². The summed E-state index contributed by atoms with van der Waals surface area (Å²) in [4.78, 5) is 26.5. The number of nitrogens with one attached hydrogen (secondary N) is 1. The van der Waals surface area contributed by atoms with Crippen LogP contribution in [0, 0.1) is 18.7 Å². The van der Waals surface area contributed by atoms with Gasteiger partial charge < -0.3 is 10.2 Å². The number of amides is 2. The number of carbonyl (C=O) groups excluding carboxylic acids is 2. The Morgan fingerprint density at radius 3 is 2.65 bits per heavy atom. The molecule has 1 N–H and O–H groups in total. The molecule has 164 valence electrons. The molecule has 2 aromatic rings. The molecule has 0 unspecified atom stereocenters. The predicted octanol–water partition coefficient (Wildman–Crippen LogP) is 4.00. The standard InChI is InChI=1S/C22H22BrFN2O4S/c1-13-2-5-16(11-18(13)24)25-21(27)7-9-31(29,30)20-12-19-15(10-17(20)23)6-8-26(19)22(28)14-3-4-14/h2,5,10-12,14H,3-4,6-9H2,1H3,(H,25,27). The SMILES string of the molecule is Cc1ccc(NC(=O)CCS(=O)(=O)c2cc3c(cc2Br)CCN3C(=O)C2CC2)cc1F. The van der Waals surface area contributed by atoms with Gasteiger partial charge in [-0.15, -0.1) is 0 Å². The van der Waals surface area contributed by atoms with E-state index in [4.69, 9.17) is 0 Å². The number of nitrogens with zero attached hydrogens (tertiary/aromatic N) is 1. The fourth-order valence-corrected chi connectivity index (χ4v) is 6.09. The molecule has 0 aromatic heterocycles. The number of halogens is 2. The zero-order valence-electron chi connectivity index (χ0n) is 17.0. The van der Waals surface area contributed by atoms with Crippen molar-refractivity contribution in [2.75, 3.05) is 22.5 Å². The third-order valence-corrected chi connectivity index (χ3v) is 8.28. The molecular weight excluding hydrogens is 487 g/mol. The second-order valence-corrected chi connectivity index (χ2v) is 10.9. The number of hydrogen-bond donors (Lipinski definition) is 1. The maximum atomic E-state index is 13.6. The molecule has 0 radical (unpaired) electrons. The number of aryl methyl sites for hydroxylation is 1. The van der Waals surface area contributed by atoms with Crippen molar-refractivity contribution < 1.29 is 22.4 Å². The number of fused-ring (bicyclic) bond motifs is 1. The van der Waals surface area contributed by atoms with E-state index in [9.17, 15) is 22.4 Å². The van der Waals surface area contributed by atoms with Crippen LogP contribution in [0.15, 0.2) is 39.7 Å². The first-order chi connectivity index (χ1) is 14.7. The molecule has 0 saturated heterocycles. The molecule has 1 saturated carbocycles. The Kier molecular flexibility index (Phi) is 5.91. The van der Waals surface area contributed by atoms with Crippen LogP contribution in [0.25, 0.3) is 0 Å². The van der Waals surface area contributed by atoms with Gasteiger partial charge in [0.2, 0.25) is 11.8 Å². The van der Waals surface area contributed by atoms with Crippen LogP contribution in [0.1, 0.15) is 30.4 Å². The summed E-state index contributed by atoms with van der Waals surface area (Å²) < 4.78 is 40.0. The Hall–Kier alpha value is -2.26. The van der Waals surface area contributed by atoms with Gasteiger partial charge in [0.05, 0.1) is 10.6 Å². The Morgan fingerprint density at radius 2 is 1.97 bits per heavy atom. The van der Waals surface area contributed by atoms with Gasteiger partial charge in [-0.2, -0.15) is 0 Å². The summed E-state index contributed by atoms with van der Waals surface area (Å²) in [6.45, 7) is 2.16. The zero-order valence-corrected chi connectivity index (χ0v) is 19.4. The third kappa shape index (κ3) is 4.67. The van der Waals surface area contributed by atoms with Crippen LogP contribution in [-0.2, 0) is 25.8 Å². The lowest BCUT2D eigenvalue weighted by Crippen LogP contribution is -2.30. The van der Waals surface area contributed by atoms with E-state index in [1.54, 1.807) is 24.0 Å². The highest BCUT2D eigenvalue weighted by Crippen LogP contribution is 2.39. The fraction of sp³-hybridized carbons (Fsp3) is 0.364. The molecule has 1 aliphatic heterocycles. The van der Waals surface area contributed by atoms with Gasteiger partial charge in [0.1, 0.15) is 5.82 Å². The fourth-order valence-electron chi connectivity index (χ4n) is 3.64. The van der Waals surface area contributed by atoms with Crippen molar-refractivity contribution in [1.82, 2.24) is 0 Å². The van der Waals surface area contributed by atoms with Gasteiger partial charge >= 0.3 is 0 Å². The first-order valence-corrected chi connectivity index (χ1v) is 12.5. The maximum Gasteiger partial charge on any atom is 0.230 e. The highest BCUT2D eigenvalue weighted by molar-refractivity contribution is 9.10. The van der Waals surface area contributed by atoms with E-state index in [-0.39, 0.29) is 28.8 Å². The Morgan fingerprint density at radius 1 is 1.23 bits per heavy atom. The molecule has 0 atom stereocenters. The summed E-state index contributed by atoms with van der Waals surface area (Å²) in [6.07, 6.45) is 2.17. The van der Waals surface area contributed by atoms with Crippen molar-refractivity contribution in [3.63, 3.8) is 0 Å². The quantitative estimate of drug-likeness (QED) is 0.639. The van der Waals surface area contributed by atoms with E-state index in [0.29, 0.717) is 28.7 Å². The number of carbonyl (C=O) groups is 2. The van der Waals surface area contributed by atoms with Gasteiger partial charge in [0.25, 0.3) is 0 Å². The van der Waals surface area contributed by atoms with Crippen molar-refractivity contribution in [2.24, 2.45) is 5.92 Å². The molecular formula is C22H22BrFN2O4S. The first-order valence-electron chi connectivity index (χ1n) is 10.1. The molecule has 31 heavy (non-hydrogen) atoms. The van der Waals surface area contributed by atoms with Crippen molar-refractivity contribution >= 4 is 49.0 Å². The topological polar surface area (TPSA) is 83.6 Å². The van der Waals surface area contributed by atoms with Crippen molar-refractivity contribution in [2.45, 2.75) is 37.5 Å². The molecule has 6 nitrogen and oxygen atoms in total. The van der Waals surface area contributed by atoms with E-state index in [2.05, 4.69) is 21.2 Å². The molecule has 1 heterocycles. The van der Waals surface area contributed by atoms with Crippen LogP contribution in [0.4, 0.5) is 15.8 Å². The Labute approximate surface area is 188 Å². The van der Waals surface area contributed by atoms with Gasteiger partial charge in [0.15, 0.2) is 9.84 Å². The molecule has 1 fully saturated rings. The number of sulfone groups is 1. The van der Waals surface area contributed by atoms with Crippen molar-refractivity contribution in [1.29, 1.82) is 0 Å². The summed E-state index contributed by atoms with van der Waals surface area (Å²) >= 11 is 3.33. The lowest BCUT2D eigenvalue weighted by atomic mass is 10.2. The Bertz CT molecular complexity index is 1180. The van der Waals surface area contributed by atoms with E-state index < -0.39 is 27.3 Å². The lowest BCUT2D eigenvalue weighted by molar-refractivity contribution is -0.119. The molecule has 1 aliphatic carbocycles. The number of benzene rings is 2. The van der Waals surface area contributed by atoms with Crippen LogP contribution in [0.2, 0.25) is 0 Å². The second kappa shape index (κ2) is 8.35. The molecule has 2 amide bonds. The summed E-state index contributed by atoms with van der Waals surface area (Å²) in [6, 6.07) is 7.59. The van der Waals surface area contributed by atoms with E-state index >= 15 is 0 Å². The van der Waals surface area contributed by atoms with Gasteiger partial charge in [-0.05, 0) is 77.5 Å². The minimum absolute atomic E-state index is 0.0463. The van der Waals surface area contributed by atoms with Gasteiger partial charge in [0, 0.05) is 34.7 Å². The molecule has 0 bridgehead atoms. The molecule has 2 aromatic carbocycles. The smallest absolute Gasteiger partial charge is 0.230 e. The van der Waals surface area contributed by atoms with Crippen LogP contribution in [0.5, 0.6) is 0 Å². The summed E-state index contributed by atoms with van der Waals surface area (Å²) in [5.41, 5.74) is 2.30. The summed E-state index contributed by atoms with van der Waals surface area (Å²) in [5.74, 6) is -1.27. The first kappa shape index (κ1) is 22.0. The van der Waals surface area contributed by atoms with Crippen molar-refractivity contribution in [3.8, 4) is 0 Å². The monoisotopic (exact) mass is 508 g/mol. The third-order valence-electron chi connectivity index (χ3n) is 5.61. The minimum atomic E-state index is -3.79. The summed E-state index contributed by atoms with van der Waals surface area (Å²) in [7, 11) is -3.79. The van der Waals surface area contributed by atoms with Crippen molar-refractivity contribution in [3.05, 3.63) is 51.7 Å². The van der Waals surface area contributed by atoms with Gasteiger partial charge in [-0.1, -0.05) is 6.07 Å². The van der Waals surface area contributed by atoms with Crippen LogP contribution < -0.4 is 10.2 Å². The Balaban J connectivity index is 1.48. The van der Waals surface area contributed by atoms with Gasteiger partial charge in [-0.25, -0.2) is 12.8 Å². The average molecular weight is 509 g/mol. The van der Waals surface area contributed by atoms with E-state index in [0.717, 1.165) is 18.4 Å². The lowest BCUT2D eigenvalue weighted by Gasteiger charge is -2.18. The molecule has 2 aliphatic rings. The summed E-state index contributed by atoms with van der Waals surface area (Å²) in [5, 5.41) is 2.52. The van der Waals surface area contributed by atoms with Crippen LogP contribution >= 0.6 is 15.9 Å². The highest BCUT2D eigenvalue weighted by atomic mass is 79.9. The largest absolute Gasteiger partial charge is 0.326 e. The van der Waals surface area contributed by atoms with Gasteiger partial charge in [-0.3, -0.25) is 9.59 Å². The van der Waals surface area contributed by atoms with E-state index in [1.807, 2.05) is 0 Å². The average Bonchev–Trinajstić information content (AvgIpc) is 3.48. The molecule has 4 rings (SSSR count). The minimum Gasteiger partial charge on any atom is -0.326 e. The molecule has 0 spiro atoms.